The molecule has 0 saturated carbocycles. The average molecular weight is 486 g/mol. The molecule has 0 aliphatic carbocycles. The molecule has 7 nitrogen and oxygen atoms in total. The van der Waals surface area contributed by atoms with E-state index in [9.17, 15) is 19.5 Å². The Labute approximate surface area is 205 Å². The second-order valence-electron chi connectivity index (χ2n) is 9.17. The standard InChI is InChI=1S/C26H32ClN3O4/c1-26(2,25(33)34)30-17-23(31)29(16-19-8-11-20(27)12-9-19)22-13-10-18(15-21(22)24(30)32)7-5-3-4-6-14-28/h8-13,15H,3-7,14,16-17,28H2,1-2H3,(H,33,34). The Kier molecular flexibility index (Phi) is 8.33. The van der Waals surface area contributed by atoms with E-state index in [2.05, 4.69) is 0 Å². The van der Waals surface area contributed by atoms with Crippen LogP contribution in [0.1, 0.15) is 61.0 Å². The van der Waals surface area contributed by atoms with Crippen molar-refractivity contribution in [2.75, 3.05) is 18.0 Å². The van der Waals surface area contributed by atoms with E-state index in [4.69, 9.17) is 17.3 Å². The van der Waals surface area contributed by atoms with E-state index in [1.807, 2.05) is 18.2 Å². The predicted octanol–water partition coefficient (Wildman–Crippen LogP) is 4.25. The summed E-state index contributed by atoms with van der Waals surface area (Å²) in [6.07, 6.45) is 4.85. The SMILES string of the molecule is CC(C)(C(=O)O)N1CC(=O)N(Cc2ccc(Cl)cc2)c2ccc(CCCCCCN)cc2C1=O. The van der Waals surface area contributed by atoms with Crippen molar-refractivity contribution in [3.05, 3.63) is 64.2 Å². The molecule has 2 aromatic carbocycles. The van der Waals surface area contributed by atoms with Crippen molar-refractivity contribution in [2.45, 2.75) is 58.0 Å². The number of benzene rings is 2. The number of aliphatic carboxylic acids is 1. The molecule has 2 aromatic rings. The molecule has 0 saturated heterocycles. The number of nitrogens with zero attached hydrogens (tertiary/aromatic N) is 2. The number of carboxylic acids is 1. The third-order valence-electron chi connectivity index (χ3n) is 6.29. The van der Waals surface area contributed by atoms with Gasteiger partial charge in [0.05, 0.1) is 17.8 Å². The van der Waals surface area contributed by atoms with Crippen molar-refractivity contribution < 1.29 is 19.5 Å². The van der Waals surface area contributed by atoms with Gasteiger partial charge in [-0.05, 0) is 75.0 Å². The van der Waals surface area contributed by atoms with Crippen molar-refractivity contribution >= 4 is 35.1 Å². The Hall–Kier alpha value is -2.90. The molecule has 1 aliphatic rings. The van der Waals surface area contributed by atoms with Gasteiger partial charge < -0.3 is 20.6 Å². The molecule has 0 aromatic heterocycles. The van der Waals surface area contributed by atoms with E-state index in [1.54, 1.807) is 29.2 Å². The third kappa shape index (κ3) is 5.77. The number of carbonyl (C=O) groups is 3. The molecule has 3 N–H and O–H groups in total. The van der Waals surface area contributed by atoms with E-state index in [0.717, 1.165) is 48.1 Å². The van der Waals surface area contributed by atoms with Gasteiger partial charge in [-0.3, -0.25) is 9.59 Å². The molecule has 0 spiro atoms. The molecular formula is C26H32ClN3O4. The van der Waals surface area contributed by atoms with Crippen LogP contribution in [-0.4, -0.2) is 46.4 Å². The third-order valence-corrected chi connectivity index (χ3v) is 6.55. The Bertz CT molecular complexity index is 1050. The van der Waals surface area contributed by atoms with Gasteiger partial charge in [-0.25, -0.2) is 4.79 Å². The largest absolute Gasteiger partial charge is 0.480 e. The molecule has 1 aliphatic heterocycles. The quantitative estimate of drug-likeness (QED) is 0.489. The molecule has 0 radical (unpaired) electrons. The molecule has 0 bridgehead atoms. The Morgan fingerprint density at radius 2 is 1.68 bits per heavy atom. The lowest BCUT2D eigenvalue weighted by atomic mass is 9.99. The smallest absolute Gasteiger partial charge is 0.329 e. The first-order chi connectivity index (χ1) is 16.1. The summed E-state index contributed by atoms with van der Waals surface area (Å²) in [5.41, 5.74) is 6.68. The summed E-state index contributed by atoms with van der Waals surface area (Å²) >= 11 is 6.00. The van der Waals surface area contributed by atoms with Crippen molar-refractivity contribution in [2.24, 2.45) is 5.73 Å². The van der Waals surface area contributed by atoms with E-state index in [1.165, 1.54) is 13.8 Å². The molecular weight excluding hydrogens is 454 g/mol. The fraction of sp³-hybridized carbons (Fsp3) is 0.423. The molecule has 3 rings (SSSR count). The summed E-state index contributed by atoms with van der Waals surface area (Å²) in [5.74, 6) is -1.97. The minimum atomic E-state index is -1.54. The summed E-state index contributed by atoms with van der Waals surface area (Å²) in [4.78, 5) is 41.6. The van der Waals surface area contributed by atoms with Crippen LogP contribution in [-0.2, 0) is 22.6 Å². The van der Waals surface area contributed by atoms with Gasteiger partial charge in [0.2, 0.25) is 5.91 Å². The zero-order chi connectivity index (χ0) is 24.9. The van der Waals surface area contributed by atoms with Crippen LogP contribution < -0.4 is 10.6 Å². The number of hydrogen-bond donors (Lipinski definition) is 2. The molecule has 0 fully saturated rings. The summed E-state index contributed by atoms with van der Waals surface area (Å²) in [6, 6.07) is 12.7. The molecule has 1 heterocycles. The van der Waals surface area contributed by atoms with Crippen LogP contribution in [0.4, 0.5) is 5.69 Å². The van der Waals surface area contributed by atoms with E-state index in [-0.39, 0.29) is 19.0 Å². The predicted molar refractivity (Wildman–Crippen MR) is 133 cm³/mol. The summed E-state index contributed by atoms with van der Waals surface area (Å²) < 4.78 is 0. The Morgan fingerprint density at radius 1 is 1.03 bits per heavy atom. The van der Waals surface area contributed by atoms with Crippen molar-refractivity contribution in [3.63, 3.8) is 0 Å². The van der Waals surface area contributed by atoms with Crippen LogP contribution in [0.3, 0.4) is 0 Å². The normalized spacial score (nSPS) is 14.2. The van der Waals surface area contributed by atoms with E-state index in [0.29, 0.717) is 22.8 Å². The number of carboxylic acid groups (broad SMARTS) is 1. The van der Waals surface area contributed by atoms with Gasteiger partial charge >= 0.3 is 5.97 Å². The number of rotatable bonds is 10. The maximum absolute atomic E-state index is 13.6. The average Bonchev–Trinajstić information content (AvgIpc) is 2.90. The van der Waals surface area contributed by atoms with E-state index < -0.39 is 17.4 Å². The number of unbranched alkanes of at least 4 members (excludes halogenated alkanes) is 3. The first kappa shape index (κ1) is 25.7. The number of fused-ring (bicyclic) bond motifs is 1. The van der Waals surface area contributed by atoms with Gasteiger partial charge in [-0.15, -0.1) is 0 Å². The fourth-order valence-electron chi connectivity index (χ4n) is 4.06. The maximum atomic E-state index is 13.6. The fourth-order valence-corrected chi connectivity index (χ4v) is 4.18. The zero-order valence-electron chi connectivity index (χ0n) is 19.7. The molecule has 2 amide bonds. The number of aryl methyl sites for hydroxylation is 1. The molecule has 8 heteroatoms. The number of nitrogens with two attached hydrogens (primary N) is 1. The topological polar surface area (TPSA) is 104 Å². The van der Waals surface area contributed by atoms with Crippen molar-refractivity contribution in [3.8, 4) is 0 Å². The highest BCUT2D eigenvalue weighted by Gasteiger charge is 2.43. The van der Waals surface area contributed by atoms with E-state index >= 15 is 0 Å². The summed E-state index contributed by atoms with van der Waals surface area (Å²) in [5, 5.41) is 10.4. The number of carbonyl (C=O) groups excluding carboxylic acids is 2. The molecule has 34 heavy (non-hydrogen) atoms. The highest BCUT2D eigenvalue weighted by Crippen LogP contribution is 2.32. The van der Waals surface area contributed by atoms with Gasteiger partial charge in [0.15, 0.2) is 0 Å². The van der Waals surface area contributed by atoms with Crippen LogP contribution in [0, 0.1) is 0 Å². The lowest BCUT2D eigenvalue weighted by molar-refractivity contribution is -0.148. The molecule has 0 atom stereocenters. The zero-order valence-corrected chi connectivity index (χ0v) is 20.5. The second kappa shape index (κ2) is 11.0. The lowest BCUT2D eigenvalue weighted by Crippen LogP contribution is -2.55. The lowest BCUT2D eigenvalue weighted by Gasteiger charge is -2.33. The van der Waals surface area contributed by atoms with Gasteiger partial charge in [0.1, 0.15) is 12.1 Å². The number of amides is 2. The minimum Gasteiger partial charge on any atom is -0.480 e. The van der Waals surface area contributed by atoms with Crippen LogP contribution in [0.5, 0.6) is 0 Å². The van der Waals surface area contributed by atoms with Gasteiger partial charge in [0, 0.05) is 5.02 Å². The highest BCUT2D eigenvalue weighted by molar-refractivity contribution is 6.30. The highest BCUT2D eigenvalue weighted by atomic mass is 35.5. The van der Waals surface area contributed by atoms with Gasteiger partial charge in [-0.1, -0.05) is 42.6 Å². The Balaban J connectivity index is 1.98. The van der Waals surface area contributed by atoms with Crippen LogP contribution >= 0.6 is 11.6 Å². The molecule has 0 unspecified atom stereocenters. The van der Waals surface area contributed by atoms with Gasteiger partial charge in [-0.2, -0.15) is 0 Å². The first-order valence-electron chi connectivity index (χ1n) is 11.6. The second-order valence-corrected chi connectivity index (χ2v) is 9.60. The first-order valence-corrected chi connectivity index (χ1v) is 12.0. The monoisotopic (exact) mass is 485 g/mol. The Morgan fingerprint density at radius 3 is 2.32 bits per heavy atom. The minimum absolute atomic E-state index is 0.246. The number of hydrogen-bond acceptors (Lipinski definition) is 4. The van der Waals surface area contributed by atoms with Crippen LogP contribution in [0.15, 0.2) is 42.5 Å². The van der Waals surface area contributed by atoms with Crippen LogP contribution in [0.25, 0.3) is 0 Å². The van der Waals surface area contributed by atoms with Gasteiger partial charge in [0.25, 0.3) is 5.91 Å². The number of halogens is 1. The molecule has 182 valence electrons. The van der Waals surface area contributed by atoms with Crippen molar-refractivity contribution in [1.82, 2.24) is 4.90 Å². The maximum Gasteiger partial charge on any atom is 0.329 e. The summed E-state index contributed by atoms with van der Waals surface area (Å²) in [7, 11) is 0. The number of anilines is 1. The van der Waals surface area contributed by atoms with Crippen molar-refractivity contribution in [1.29, 1.82) is 0 Å². The van der Waals surface area contributed by atoms with Crippen LogP contribution in [0.2, 0.25) is 5.02 Å². The summed E-state index contributed by atoms with van der Waals surface area (Å²) in [6.45, 7) is 3.48.